The molecule has 0 radical (unpaired) electrons. The van der Waals surface area contributed by atoms with Crippen LogP contribution in [0.1, 0.15) is 23.2 Å². The van der Waals surface area contributed by atoms with E-state index in [1.54, 1.807) is 24.4 Å². The lowest BCUT2D eigenvalue weighted by atomic mass is 10.2. The SMILES string of the molecule is O=C(Nc1ccc2nc(NC(=O)[C@@H]3CCCO3)sc2c1)c1cccnc1. The first-order chi connectivity index (χ1) is 12.7. The third-order valence-electron chi connectivity index (χ3n) is 4.02. The van der Waals surface area contributed by atoms with Crippen molar-refractivity contribution in [3.05, 3.63) is 48.3 Å². The summed E-state index contributed by atoms with van der Waals surface area (Å²) in [6.07, 6.45) is 4.38. The van der Waals surface area contributed by atoms with Gasteiger partial charge in [-0.2, -0.15) is 0 Å². The van der Waals surface area contributed by atoms with E-state index < -0.39 is 6.10 Å². The van der Waals surface area contributed by atoms with Crippen molar-refractivity contribution in [1.82, 2.24) is 9.97 Å². The highest BCUT2D eigenvalue weighted by Gasteiger charge is 2.24. The first-order valence-electron chi connectivity index (χ1n) is 8.23. The summed E-state index contributed by atoms with van der Waals surface area (Å²) in [5, 5.41) is 6.17. The number of aromatic nitrogens is 2. The fourth-order valence-corrected chi connectivity index (χ4v) is 3.63. The van der Waals surface area contributed by atoms with Gasteiger partial charge in [0.05, 0.1) is 15.8 Å². The molecule has 0 unspecified atom stereocenters. The summed E-state index contributed by atoms with van der Waals surface area (Å²) in [4.78, 5) is 32.7. The Morgan fingerprint density at radius 3 is 2.92 bits per heavy atom. The average Bonchev–Trinajstić information content (AvgIpc) is 3.31. The van der Waals surface area contributed by atoms with Gasteiger partial charge in [-0.25, -0.2) is 4.98 Å². The first kappa shape index (κ1) is 16.6. The van der Waals surface area contributed by atoms with Crippen molar-refractivity contribution in [2.24, 2.45) is 0 Å². The number of ether oxygens (including phenoxy) is 1. The molecule has 26 heavy (non-hydrogen) atoms. The molecule has 2 amide bonds. The standard InChI is InChI=1S/C18H16N4O3S/c23-16(11-3-1-7-19-10-11)20-12-5-6-13-15(9-12)26-18(21-13)22-17(24)14-4-2-8-25-14/h1,3,5-7,9-10,14H,2,4,8H2,(H,20,23)(H,21,22,24)/t14-/m0/s1. The molecule has 1 atom stereocenters. The molecule has 1 fully saturated rings. The van der Waals surface area contributed by atoms with E-state index in [2.05, 4.69) is 20.6 Å². The number of nitrogens with one attached hydrogen (secondary N) is 2. The number of carbonyl (C=O) groups excluding carboxylic acids is 2. The third-order valence-corrected chi connectivity index (χ3v) is 4.96. The molecule has 3 aromatic rings. The lowest BCUT2D eigenvalue weighted by Crippen LogP contribution is -2.26. The van der Waals surface area contributed by atoms with Gasteiger partial charge in [0.25, 0.3) is 11.8 Å². The summed E-state index contributed by atoms with van der Waals surface area (Å²) in [7, 11) is 0. The minimum Gasteiger partial charge on any atom is -0.368 e. The van der Waals surface area contributed by atoms with Crippen LogP contribution >= 0.6 is 11.3 Å². The molecule has 2 aromatic heterocycles. The van der Waals surface area contributed by atoms with Crippen molar-refractivity contribution in [2.75, 3.05) is 17.2 Å². The highest BCUT2D eigenvalue weighted by atomic mass is 32.1. The van der Waals surface area contributed by atoms with Gasteiger partial charge in [-0.15, -0.1) is 0 Å². The molecule has 1 aromatic carbocycles. The third kappa shape index (κ3) is 3.56. The molecule has 4 rings (SSSR count). The van der Waals surface area contributed by atoms with Crippen LogP contribution in [0.5, 0.6) is 0 Å². The normalized spacial score (nSPS) is 16.5. The minimum atomic E-state index is -0.392. The van der Waals surface area contributed by atoms with Gasteiger partial charge in [0, 0.05) is 24.7 Å². The number of hydrogen-bond acceptors (Lipinski definition) is 6. The maximum atomic E-state index is 12.2. The van der Waals surface area contributed by atoms with Crippen molar-refractivity contribution in [3.8, 4) is 0 Å². The second kappa shape index (κ2) is 7.19. The van der Waals surface area contributed by atoms with E-state index in [0.717, 1.165) is 23.1 Å². The first-order valence-corrected chi connectivity index (χ1v) is 9.05. The molecule has 1 aliphatic heterocycles. The van der Waals surface area contributed by atoms with Gasteiger partial charge < -0.3 is 10.1 Å². The number of nitrogens with zero attached hydrogens (tertiary/aromatic N) is 2. The molecule has 0 aliphatic carbocycles. The number of benzene rings is 1. The smallest absolute Gasteiger partial charge is 0.257 e. The maximum Gasteiger partial charge on any atom is 0.257 e. The molecule has 7 nitrogen and oxygen atoms in total. The number of rotatable bonds is 4. The van der Waals surface area contributed by atoms with E-state index >= 15 is 0 Å². The van der Waals surface area contributed by atoms with E-state index in [9.17, 15) is 9.59 Å². The molecule has 1 saturated heterocycles. The summed E-state index contributed by atoms with van der Waals surface area (Å²) in [5.41, 5.74) is 1.91. The van der Waals surface area contributed by atoms with Crippen LogP contribution in [0.25, 0.3) is 10.2 Å². The number of anilines is 2. The van der Waals surface area contributed by atoms with Crippen molar-refractivity contribution in [2.45, 2.75) is 18.9 Å². The molecule has 0 saturated carbocycles. The van der Waals surface area contributed by atoms with Crippen LogP contribution in [0.2, 0.25) is 0 Å². The number of amides is 2. The van der Waals surface area contributed by atoms with Gasteiger partial charge in [0.15, 0.2) is 5.13 Å². The Morgan fingerprint density at radius 2 is 2.15 bits per heavy atom. The fraction of sp³-hybridized carbons (Fsp3) is 0.222. The van der Waals surface area contributed by atoms with Crippen molar-refractivity contribution in [1.29, 1.82) is 0 Å². The Balaban J connectivity index is 1.48. The lowest BCUT2D eigenvalue weighted by Gasteiger charge is -2.07. The van der Waals surface area contributed by atoms with E-state index in [-0.39, 0.29) is 11.8 Å². The highest BCUT2D eigenvalue weighted by Crippen LogP contribution is 2.29. The lowest BCUT2D eigenvalue weighted by molar-refractivity contribution is -0.124. The minimum absolute atomic E-state index is 0.161. The second-order valence-corrected chi connectivity index (χ2v) is 6.92. The fourth-order valence-electron chi connectivity index (χ4n) is 2.73. The predicted octanol–water partition coefficient (Wildman–Crippen LogP) is 3.06. The summed E-state index contributed by atoms with van der Waals surface area (Å²) in [6, 6.07) is 8.84. The number of fused-ring (bicyclic) bond motifs is 1. The topological polar surface area (TPSA) is 93.2 Å². The van der Waals surface area contributed by atoms with Crippen LogP contribution in [0.4, 0.5) is 10.8 Å². The van der Waals surface area contributed by atoms with Crippen LogP contribution < -0.4 is 10.6 Å². The van der Waals surface area contributed by atoms with Gasteiger partial charge in [-0.1, -0.05) is 11.3 Å². The second-order valence-electron chi connectivity index (χ2n) is 5.89. The largest absolute Gasteiger partial charge is 0.368 e. The van der Waals surface area contributed by atoms with Gasteiger partial charge in [0.2, 0.25) is 0 Å². The highest BCUT2D eigenvalue weighted by molar-refractivity contribution is 7.22. The molecule has 8 heteroatoms. The van der Waals surface area contributed by atoms with Crippen molar-refractivity contribution >= 4 is 44.2 Å². The Labute approximate surface area is 153 Å². The van der Waals surface area contributed by atoms with Crippen LogP contribution in [-0.2, 0) is 9.53 Å². The Hall–Kier alpha value is -2.84. The summed E-state index contributed by atoms with van der Waals surface area (Å²) < 4.78 is 6.25. The molecule has 2 N–H and O–H groups in total. The maximum absolute atomic E-state index is 12.2. The zero-order chi connectivity index (χ0) is 17.9. The van der Waals surface area contributed by atoms with Gasteiger partial charge in [-0.3, -0.25) is 19.9 Å². The van der Waals surface area contributed by atoms with Crippen LogP contribution in [-0.4, -0.2) is 34.5 Å². The molecule has 1 aliphatic rings. The number of thiazole rings is 1. The molecule has 132 valence electrons. The van der Waals surface area contributed by atoms with E-state index in [1.165, 1.54) is 17.5 Å². The van der Waals surface area contributed by atoms with Gasteiger partial charge in [-0.05, 0) is 43.2 Å². The Bertz CT molecular complexity index is 951. The van der Waals surface area contributed by atoms with Crippen molar-refractivity contribution < 1.29 is 14.3 Å². The van der Waals surface area contributed by atoms with E-state index in [4.69, 9.17) is 4.74 Å². The molecular formula is C18H16N4O3S. The van der Waals surface area contributed by atoms with Crippen molar-refractivity contribution in [3.63, 3.8) is 0 Å². The Kier molecular flexibility index (Phi) is 4.59. The van der Waals surface area contributed by atoms with Crippen LogP contribution in [0.15, 0.2) is 42.7 Å². The van der Waals surface area contributed by atoms with Crippen LogP contribution in [0, 0.1) is 0 Å². The summed E-state index contributed by atoms with van der Waals surface area (Å²) in [5.74, 6) is -0.388. The molecule has 3 heterocycles. The molecule has 0 spiro atoms. The molecular weight excluding hydrogens is 352 g/mol. The number of carbonyl (C=O) groups is 2. The van der Waals surface area contributed by atoms with E-state index in [1.807, 2.05) is 12.1 Å². The van der Waals surface area contributed by atoms with E-state index in [0.29, 0.717) is 23.0 Å². The zero-order valence-corrected chi connectivity index (χ0v) is 14.6. The Morgan fingerprint density at radius 1 is 1.23 bits per heavy atom. The predicted molar refractivity (Wildman–Crippen MR) is 99.4 cm³/mol. The summed E-state index contributed by atoms with van der Waals surface area (Å²) >= 11 is 1.36. The average molecular weight is 368 g/mol. The zero-order valence-electron chi connectivity index (χ0n) is 13.8. The quantitative estimate of drug-likeness (QED) is 0.738. The van der Waals surface area contributed by atoms with Gasteiger partial charge in [0.1, 0.15) is 6.10 Å². The number of hydrogen-bond donors (Lipinski definition) is 2. The molecule has 0 bridgehead atoms. The van der Waals surface area contributed by atoms with Crippen LogP contribution in [0.3, 0.4) is 0 Å². The number of pyridine rings is 1. The van der Waals surface area contributed by atoms with Gasteiger partial charge >= 0.3 is 0 Å². The monoisotopic (exact) mass is 368 g/mol. The summed E-state index contributed by atoms with van der Waals surface area (Å²) in [6.45, 7) is 0.623.